The summed E-state index contributed by atoms with van der Waals surface area (Å²) in [5, 5.41) is 9.65. The molecule has 0 aromatic heterocycles. The molecule has 0 fully saturated rings. The van der Waals surface area contributed by atoms with E-state index >= 15 is 0 Å². The number of sulfonamides is 1. The molecule has 118 valence electrons. The van der Waals surface area contributed by atoms with Crippen LogP contribution in [0.3, 0.4) is 0 Å². The molecule has 0 saturated heterocycles. The lowest BCUT2D eigenvalue weighted by Gasteiger charge is -2.16. The summed E-state index contributed by atoms with van der Waals surface area (Å²) in [7, 11) is -3.79. The van der Waals surface area contributed by atoms with Gasteiger partial charge < -0.3 is 5.11 Å². The van der Waals surface area contributed by atoms with Crippen molar-refractivity contribution in [3.63, 3.8) is 0 Å². The van der Waals surface area contributed by atoms with Crippen molar-refractivity contribution in [2.75, 3.05) is 0 Å². The molecule has 0 spiro atoms. The molecule has 1 atom stereocenters. The predicted molar refractivity (Wildman–Crippen MR) is 83.1 cm³/mol. The number of carboxylic acid groups (broad SMARTS) is 1. The minimum absolute atomic E-state index is 0.0544. The molecule has 1 aromatic carbocycles. The number of rotatable bonds is 7. The molecule has 1 rings (SSSR count). The maximum atomic E-state index is 12.0. The normalized spacial score (nSPS) is 13.4. The van der Waals surface area contributed by atoms with Crippen molar-refractivity contribution in [2.45, 2.75) is 32.1 Å². The van der Waals surface area contributed by atoms with Crippen molar-refractivity contribution in [1.82, 2.24) is 4.72 Å². The molecular weight excluding hydrogens is 337 g/mol. The van der Waals surface area contributed by atoms with E-state index in [2.05, 4.69) is 4.72 Å². The van der Waals surface area contributed by atoms with E-state index in [-0.39, 0.29) is 23.1 Å². The molecule has 1 aromatic rings. The van der Waals surface area contributed by atoms with Crippen LogP contribution < -0.4 is 4.72 Å². The molecule has 0 aliphatic heterocycles. The van der Waals surface area contributed by atoms with Crippen molar-refractivity contribution in [3.05, 3.63) is 33.8 Å². The van der Waals surface area contributed by atoms with Gasteiger partial charge in [-0.3, -0.25) is 4.79 Å². The lowest BCUT2D eigenvalue weighted by Crippen LogP contribution is -2.42. The molecule has 0 unspecified atom stereocenters. The fourth-order valence-corrected chi connectivity index (χ4v) is 3.43. The molecule has 0 aliphatic rings. The van der Waals surface area contributed by atoms with Gasteiger partial charge in [0.25, 0.3) is 0 Å². The van der Waals surface area contributed by atoms with Gasteiger partial charge in [-0.25, -0.2) is 13.1 Å². The van der Waals surface area contributed by atoms with Gasteiger partial charge in [0.2, 0.25) is 10.0 Å². The lowest BCUT2D eigenvalue weighted by atomic mass is 10.1. The van der Waals surface area contributed by atoms with Crippen LogP contribution in [0.1, 0.15) is 25.8 Å². The molecular formula is C13H17Cl2NO4S. The van der Waals surface area contributed by atoms with Gasteiger partial charge in [0.15, 0.2) is 0 Å². The third-order valence-corrected chi connectivity index (χ3v) is 4.76. The number of nitrogens with one attached hydrogen (secondary N) is 1. The summed E-state index contributed by atoms with van der Waals surface area (Å²) >= 11 is 11.6. The Hall–Kier alpha value is -0.820. The molecule has 8 heteroatoms. The smallest absolute Gasteiger partial charge is 0.321 e. The zero-order chi connectivity index (χ0) is 16.2. The third kappa shape index (κ3) is 6.22. The van der Waals surface area contributed by atoms with E-state index in [0.29, 0.717) is 10.6 Å². The lowest BCUT2D eigenvalue weighted by molar-refractivity contribution is -0.139. The summed E-state index contributed by atoms with van der Waals surface area (Å²) < 4.78 is 26.3. The predicted octanol–water partition coefficient (Wildman–Crippen LogP) is 2.91. The van der Waals surface area contributed by atoms with Gasteiger partial charge in [-0.15, -0.1) is 0 Å². The summed E-state index contributed by atoms with van der Waals surface area (Å²) in [5.74, 6) is -1.49. The summed E-state index contributed by atoms with van der Waals surface area (Å²) in [6.07, 6.45) is 0.218. The standard InChI is InChI=1S/C13H17Cl2NO4S/c1-8(2)5-12(13(17)18)16-21(19,20)7-9-3-4-10(14)11(15)6-9/h3-4,6,8,12,16H,5,7H2,1-2H3,(H,17,18)/t12-/m0/s1. The molecule has 2 N–H and O–H groups in total. The van der Waals surface area contributed by atoms with E-state index in [0.717, 1.165) is 0 Å². The molecule has 0 aliphatic carbocycles. The molecule has 21 heavy (non-hydrogen) atoms. The second-order valence-electron chi connectivity index (χ2n) is 5.15. The van der Waals surface area contributed by atoms with E-state index in [9.17, 15) is 13.2 Å². The van der Waals surface area contributed by atoms with Crippen LogP contribution in [0, 0.1) is 5.92 Å². The van der Waals surface area contributed by atoms with Gasteiger partial charge in [-0.1, -0.05) is 43.1 Å². The Labute approximate surface area is 134 Å². The number of benzene rings is 1. The van der Waals surface area contributed by atoms with E-state index in [4.69, 9.17) is 28.3 Å². The average Bonchev–Trinajstić information content (AvgIpc) is 2.31. The van der Waals surface area contributed by atoms with E-state index in [1.54, 1.807) is 0 Å². The highest BCUT2D eigenvalue weighted by Gasteiger charge is 2.25. The maximum absolute atomic E-state index is 12.0. The van der Waals surface area contributed by atoms with Crippen LogP contribution in [-0.2, 0) is 20.6 Å². The van der Waals surface area contributed by atoms with Crippen LogP contribution in [0.2, 0.25) is 10.0 Å². The summed E-state index contributed by atoms with van der Waals surface area (Å²) in [6, 6.07) is 3.34. The van der Waals surface area contributed by atoms with Gasteiger partial charge in [-0.2, -0.15) is 0 Å². The van der Waals surface area contributed by atoms with Crippen LogP contribution in [-0.4, -0.2) is 25.5 Å². The molecule has 0 bridgehead atoms. The Bertz CT molecular complexity index is 617. The van der Waals surface area contributed by atoms with Crippen molar-refractivity contribution in [2.24, 2.45) is 5.92 Å². The quantitative estimate of drug-likeness (QED) is 0.789. The van der Waals surface area contributed by atoms with Crippen molar-refractivity contribution in [3.8, 4) is 0 Å². The third-order valence-electron chi connectivity index (χ3n) is 2.67. The van der Waals surface area contributed by atoms with Crippen LogP contribution in [0.5, 0.6) is 0 Å². The summed E-state index contributed by atoms with van der Waals surface area (Å²) in [5.41, 5.74) is 0.436. The van der Waals surface area contributed by atoms with Gasteiger partial charge in [0.1, 0.15) is 6.04 Å². The second kappa shape index (κ2) is 7.45. The van der Waals surface area contributed by atoms with Crippen molar-refractivity contribution >= 4 is 39.2 Å². The summed E-state index contributed by atoms with van der Waals surface area (Å²) in [4.78, 5) is 11.1. The first kappa shape index (κ1) is 18.2. The number of carboxylic acids is 1. The number of hydrogen-bond donors (Lipinski definition) is 2. The minimum Gasteiger partial charge on any atom is -0.480 e. The van der Waals surface area contributed by atoms with Crippen LogP contribution in [0.25, 0.3) is 0 Å². The molecule has 0 saturated carbocycles. The summed E-state index contributed by atoms with van der Waals surface area (Å²) in [6.45, 7) is 3.65. The highest BCUT2D eigenvalue weighted by Crippen LogP contribution is 2.23. The molecule has 0 heterocycles. The monoisotopic (exact) mass is 353 g/mol. The van der Waals surface area contributed by atoms with Gasteiger partial charge in [0, 0.05) is 0 Å². The Morgan fingerprint density at radius 2 is 1.90 bits per heavy atom. The highest BCUT2D eigenvalue weighted by molar-refractivity contribution is 7.88. The highest BCUT2D eigenvalue weighted by atomic mass is 35.5. The average molecular weight is 354 g/mol. The first-order valence-electron chi connectivity index (χ1n) is 6.27. The van der Waals surface area contributed by atoms with Crippen molar-refractivity contribution < 1.29 is 18.3 Å². The largest absolute Gasteiger partial charge is 0.480 e. The van der Waals surface area contributed by atoms with Crippen LogP contribution in [0.4, 0.5) is 0 Å². The van der Waals surface area contributed by atoms with Gasteiger partial charge >= 0.3 is 5.97 Å². The zero-order valence-electron chi connectivity index (χ0n) is 11.6. The van der Waals surface area contributed by atoms with E-state index in [1.807, 2.05) is 13.8 Å². The molecule has 5 nitrogen and oxygen atoms in total. The Kier molecular flexibility index (Phi) is 6.46. The fourth-order valence-electron chi connectivity index (χ4n) is 1.78. The first-order chi connectivity index (χ1) is 9.60. The first-order valence-corrected chi connectivity index (χ1v) is 8.68. The topological polar surface area (TPSA) is 83.5 Å². The van der Waals surface area contributed by atoms with Crippen LogP contribution >= 0.6 is 23.2 Å². The number of halogens is 2. The number of aliphatic carboxylic acids is 1. The second-order valence-corrected chi connectivity index (χ2v) is 7.71. The Morgan fingerprint density at radius 1 is 1.29 bits per heavy atom. The number of carbonyl (C=O) groups is 1. The maximum Gasteiger partial charge on any atom is 0.321 e. The van der Waals surface area contributed by atoms with Gasteiger partial charge in [0.05, 0.1) is 15.8 Å². The minimum atomic E-state index is -3.79. The Morgan fingerprint density at radius 3 is 2.38 bits per heavy atom. The van der Waals surface area contributed by atoms with Gasteiger partial charge in [-0.05, 0) is 30.0 Å². The number of hydrogen-bond acceptors (Lipinski definition) is 3. The van der Waals surface area contributed by atoms with Crippen molar-refractivity contribution in [1.29, 1.82) is 0 Å². The fraction of sp³-hybridized carbons (Fsp3) is 0.462. The molecule has 0 radical (unpaired) electrons. The zero-order valence-corrected chi connectivity index (χ0v) is 14.0. The van der Waals surface area contributed by atoms with E-state index < -0.39 is 22.0 Å². The van der Waals surface area contributed by atoms with E-state index in [1.165, 1.54) is 18.2 Å². The molecule has 0 amide bonds. The SMILES string of the molecule is CC(C)C[C@H](NS(=O)(=O)Cc1ccc(Cl)c(Cl)c1)C(=O)O. The van der Waals surface area contributed by atoms with Crippen LogP contribution in [0.15, 0.2) is 18.2 Å². The Balaban J connectivity index is 2.84.